The summed E-state index contributed by atoms with van der Waals surface area (Å²) < 4.78 is 6.11. The first-order valence-corrected chi connectivity index (χ1v) is 8.65. The lowest BCUT2D eigenvalue weighted by Crippen LogP contribution is -2.14. The predicted octanol–water partition coefficient (Wildman–Crippen LogP) is 3.33. The van der Waals surface area contributed by atoms with Crippen molar-refractivity contribution in [3.05, 3.63) is 47.2 Å². The van der Waals surface area contributed by atoms with E-state index in [1.807, 2.05) is 29.9 Å². The highest BCUT2D eigenvalue weighted by atomic mass is 35.5. The first-order valence-electron chi connectivity index (χ1n) is 7.50. The van der Waals surface area contributed by atoms with Crippen molar-refractivity contribution in [1.29, 1.82) is 0 Å². The van der Waals surface area contributed by atoms with Gasteiger partial charge in [0.2, 0.25) is 11.0 Å². The Labute approximate surface area is 147 Å². The molecule has 24 heavy (non-hydrogen) atoms. The molecule has 1 amide bonds. The molecule has 1 aromatic carbocycles. The summed E-state index contributed by atoms with van der Waals surface area (Å²) in [7, 11) is 1.89. The number of aromatic nitrogens is 4. The highest BCUT2D eigenvalue weighted by Gasteiger charge is 2.45. The van der Waals surface area contributed by atoms with Crippen LogP contribution in [0.4, 0.5) is 5.13 Å². The zero-order valence-electron chi connectivity index (χ0n) is 12.8. The number of aryl methyl sites for hydroxylation is 1. The van der Waals surface area contributed by atoms with Crippen LogP contribution in [0.3, 0.4) is 0 Å². The van der Waals surface area contributed by atoms with Crippen LogP contribution in [0.1, 0.15) is 18.0 Å². The standard InChI is InChI=1S/C16H14ClN5OS/c1-22-13(5-6-18-22)11-8-12(11)15(23)20-16-19-14(21-24-16)9-3-2-4-10(17)7-9/h2-7,11-12H,8H2,1H3,(H,19,20,21,23)/t11-,12-/m1/s1. The second-order valence-electron chi connectivity index (χ2n) is 5.75. The van der Waals surface area contributed by atoms with E-state index < -0.39 is 0 Å². The third-order valence-corrected chi connectivity index (χ3v) is 4.97. The Morgan fingerprint density at radius 3 is 3.04 bits per heavy atom. The van der Waals surface area contributed by atoms with Crippen molar-refractivity contribution in [2.75, 3.05) is 5.32 Å². The third-order valence-electron chi connectivity index (χ3n) is 4.10. The number of nitrogens with zero attached hydrogens (tertiary/aromatic N) is 4. The lowest BCUT2D eigenvalue weighted by molar-refractivity contribution is -0.117. The molecule has 0 spiro atoms. The van der Waals surface area contributed by atoms with Gasteiger partial charge in [-0.05, 0) is 24.6 Å². The van der Waals surface area contributed by atoms with Gasteiger partial charge in [-0.2, -0.15) is 14.5 Å². The summed E-state index contributed by atoms with van der Waals surface area (Å²) >= 11 is 7.16. The summed E-state index contributed by atoms with van der Waals surface area (Å²) in [6.07, 6.45) is 2.59. The minimum Gasteiger partial charge on any atom is -0.300 e. The first kappa shape index (κ1) is 15.3. The lowest BCUT2D eigenvalue weighted by atomic mass is 10.2. The molecule has 0 radical (unpaired) electrons. The Balaban J connectivity index is 1.43. The molecular formula is C16H14ClN5OS. The summed E-state index contributed by atoms with van der Waals surface area (Å²) in [5, 5.41) is 8.15. The van der Waals surface area contributed by atoms with E-state index >= 15 is 0 Å². The Morgan fingerprint density at radius 2 is 2.29 bits per heavy atom. The Kier molecular flexibility index (Phi) is 3.82. The number of anilines is 1. The molecule has 1 aliphatic rings. The second kappa shape index (κ2) is 5.99. The largest absolute Gasteiger partial charge is 0.300 e. The van der Waals surface area contributed by atoms with E-state index in [4.69, 9.17) is 11.6 Å². The van der Waals surface area contributed by atoms with Crippen molar-refractivity contribution in [2.45, 2.75) is 12.3 Å². The zero-order valence-corrected chi connectivity index (χ0v) is 14.4. The van der Waals surface area contributed by atoms with Crippen molar-refractivity contribution in [3.8, 4) is 11.4 Å². The molecule has 8 heteroatoms. The van der Waals surface area contributed by atoms with Crippen LogP contribution in [0, 0.1) is 5.92 Å². The topological polar surface area (TPSA) is 72.7 Å². The molecule has 0 saturated heterocycles. The molecule has 2 aromatic heterocycles. The van der Waals surface area contributed by atoms with E-state index in [1.54, 1.807) is 18.3 Å². The molecule has 1 aliphatic carbocycles. The zero-order chi connectivity index (χ0) is 16.7. The van der Waals surface area contributed by atoms with Crippen LogP contribution >= 0.6 is 23.1 Å². The molecule has 6 nitrogen and oxygen atoms in total. The number of benzene rings is 1. The van der Waals surface area contributed by atoms with Crippen LogP contribution < -0.4 is 5.32 Å². The van der Waals surface area contributed by atoms with E-state index in [2.05, 4.69) is 19.8 Å². The second-order valence-corrected chi connectivity index (χ2v) is 6.94. The summed E-state index contributed by atoms with van der Waals surface area (Å²) in [6.45, 7) is 0. The average Bonchev–Trinajstić information content (AvgIpc) is 3.01. The summed E-state index contributed by atoms with van der Waals surface area (Å²) in [5.41, 5.74) is 1.92. The van der Waals surface area contributed by atoms with Gasteiger partial charge in [-0.1, -0.05) is 23.7 Å². The third kappa shape index (κ3) is 2.92. The Bertz CT molecular complexity index is 905. The quantitative estimate of drug-likeness (QED) is 0.775. The fourth-order valence-corrected chi connectivity index (χ4v) is 3.56. The van der Waals surface area contributed by atoms with Crippen LogP contribution in [-0.2, 0) is 11.8 Å². The summed E-state index contributed by atoms with van der Waals surface area (Å²) in [6, 6.07) is 9.29. The van der Waals surface area contributed by atoms with E-state index in [0.29, 0.717) is 16.0 Å². The molecular weight excluding hydrogens is 346 g/mol. The maximum atomic E-state index is 12.4. The van der Waals surface area contributed by atoms with Crippen molar-refractivity contribution < 1.29 is 4.79 Å². The van der Waals surface area contributed by atoms with Crippen LogP contribution in [-0.4, -0.2) is 25.0 Å². The Hall–Kier alpha value is -2.25. The fourth-order valence-electron chi connectivity index (χ4n) is 2.78. The van der Waals surface area contributed by atoms with E-state index in [-0.39, 0.29) is 17.7 Å². The SMILES string of the molecule is Cn1nccc1[C@@H]1C[C@H]1C(=O)Nc1nc(-c2cccc(Cl)c2)ns1. The number of nitrogens with one attached hydrogen (secondary N) is 1. The molecule has 3 aromatic rings. The van der Waals surface area contributed by atoms with Crippen LogP contribution in [0.2, 0.25) is 5.02 Å². The predicted molar refractivity (Wildman–Crippen MR) is 93.0 cm³/mol. The number of carbonyl (C=O) groups excluding carboxylic acids is 1. The molecule has 2 heterocycles. The lowest BCUT2D eigenvalue weighted by Gasteiger charge is -2.01. The minimum atomic E-state index is -0.0288. The highest BCUT2D eigenvalue weighted by Crippen LogP contribution is 2.47. The first-order chi connectivity index (χ1) is 11.6. The molecule has 1 N–H and O–H groups in total. The number of hydrogen-bond donors (Lipinski definition) is 1. The molecule has 4 rings (SSSR count). The molecule has 122 valence electrons. The number of amides is 1. The van der Waals surface area contributed by atoms with Crippen molar-refractivity contribution >= 4 is 34.2 Å². The summed E-state index contributed by atoms with van der Waals surface area (Å²) in [5.74, 6) is 0.753. The van der Waals surface area contributed by atoms with Crippen LogP contribution in [0.15, 0.2) is 36.5 Å². The van der Waals surface area contributed by atoms with E-state index in [1.165, 1.54) is 11.5 Å². The number of rotatable bonds is 4. The molecule has 1 fully saturated rings. The summed E-state index contributed by atoms with van der Waals surface area (Å²) in [4.78, 5) is 16.7. The minimum absolute atomic E-state index is 0.0185. The maximum Gasteiger partial charge on any atom is 0.230 e. The van der Waals surface area contributed by atoms with Gasteiger partial charge < -0.3 is 5.32 Å². The highest BCUT2D eigenvalue weighted by molar-refractivity contribution is 7.10. The van der Waals surface area contributed by atoms with Gasteiger partial charge in [0, 0.05) is 52.9 Å². The number of hydrogen-bond acceptors (Lipinski definition) is 5. The van der Waals surface area contributed by atoms with Crippen LogP contribution in [0.25, 0.3) is 11.4 Å². The number of carbonyl (C=O) groups is 1. The van der Waals surface area contributed by atoms with Crippen molar-refractivity contribution in [3.63, 3.8) is 0 Å². The molecule has 0 bridgehead atoms. The molecule has 0 unspecified atom stereocenters. The van der Waals surface area contributed by atoms with Crippen molar-refractivity contribution in [1.82, 2.24) is 19.1 Å². The van der Waals surface area contributed by atoms with Gasteiger partial charge in [-0.25, -0.2) is 0 Å². The van der Waals surface area contributed by atoms with E-state index in [9.17, 15) is 4.79 Å². The van der Waals surface area contributed by atoms with Gasteiger partial charge >= 0.3 is 0 Å². The molecule has 2 atom stereocenters. The van der Waals surface area contributed by atoms with Gasteiger partial charge in [0.05, 0.1) is 0 Å². The number of halogens is 1. The molecule has 1 saturated carbocycles. The molecule has 0 aliphatic heterocycles. The van der Waals surface area contributed by atoms with Gasteiger partial charge in [0.25, 0.3) is 0 Å². The van der Waals surface area contributed by atoms with Crippen molar-refractivity contribution in [2.24, 2.45) is 13.0 Å². The van der Waals surface area contributed by atoms with Gasteiger partial charge in [0.1, 0.15) is 0 Å². The average molecular weight is 360 g/mol. The monoisotopic (exact) mass is 359 g/mol. The Morgan fingerprint density at radius 1 is 1.42 bits per heavy atom. The van der Waals surface area contributed by atoms with Gasteiger partial charge in [0.15, 0.2) is 5.82 Å². The van der Waals surface area contributed by atoms with E-state index in [0.717, 1.165) is 17.7 Å². The van der Waals surface area contributed by atoms with Crippen LogP contribution in [0.5, 0.6) is 0 Å². The smallest absolute Gasteiger partial charge is 0.230 e. The van der Waals surface area contributed by atoms with Gasteiger partial charge in [-0.3, -0.25) is 9.48 Å². The van der Waals surface area contributed by atoms with Gasteiger partial charge in [-0.15, -0.1) is 0 Å². The maximum absolute atomic E-state index is 12.4. The normalized spacial score (nSPS) is 19.2. The fraction of sp³-hybridized carbons (Fsp3) is 0.250.